The normalized spacial score (nSPS) is 21.5. The van der Waals surface area contributed by atoms with Crippen LogP contribution in [0.4, 0.5) is 18.9 Å². The van der Waals surface area contributed by atoms with E-state index >= 15 is 0 Å². The number of ether oxygens (including phenoxy) is 6. The van der Waals surface area contributed by atoms with Gasteiger partial charge in [-0.15, -0.1) is 0 Å². The van der Waals surface area contributed by atoms with Gasteiger partial charge in [0, 0.05) is 6.42 Å². The van der Waals surface area contributed by atoms with Gasteiger partial charge in [-0.05, 0) is 30.2 Å². The molecule has 1 aliphatic rings. The summed E-state index contributed by atoms with van der Waals surface area (Å²) in [5, 5.41) is 0. The highest BCUT2D eigenvalue weighted by atomic mass is 19.4. The molecule has 3 aromatic rings. The zero-order valence-electron chi connectivity index (χ0n) is 25.6. The molecular formula is C34H34F3NO9. The zero-order valence-corrected chi connectivity index (χ0v) is 25.6. The largest absolute Gasteiger partial charge is 0.468 e. The number of hydrogen-bond acceptors (Lipinski definition) is 10. The van der Waals surface area contributed by atoms with E-state index in [1.54, 1.807) is 66.7 Å². The van der Waals surface area contributed by atoms with Gasteiger partial charge < -0.3 is 33.2 Å². The fraction of sp³-hybridized carbons (Fsp3) is 0.353. The first kappa shape index (κ1) is 35.3. The van der Waals surface area contributed by atoms with Crippen molar-refractivity contribution in [1.82, 2.24) is 0 Å². The van der Waals surface area contributed by atoms with Gasteiger partial charge in [-0.3, -0.25) is 4.79 Å². The topological polar surface area (TPSA) is 119 Å². The van der Waals surface area contributed by atoms with Gasteiger partial charge in [0.15, 0.2) is 12.2 Å². The summed E-state index contributed by atoms with van der Waals surface area (Å²) in [6, 6.07) is 24.8. The van der Waals surface area contributed by atoms with Gasteiger partial charge in [0.05, 0.1) is 32.4 Å². The third-order valence-electron chi connectivity index (χ3n) is 6.90. The highest BCUT2D eigenvalue weighted by molar-refractivity contribution is 5.85. The maximum Gasteiger partial charge on any atom is 0.468 e. The van der Waals surface area contributed by atoms with Crippen molar-refractivity contribution in [3.8, 4) is 0 Å². The van der Waals surface area contributed by atoms with Crippen LogP contribution in [0.15, 0.2) is 96.0 Å². The molecule has 0 amide bonds. The lowest BCUT2D eigenvalue weighted by Gasteiger charge is -2.44. The van der Waals surface area contributed by atoms with Crippen molar-refractivity contribution in [1.29, 1.82) is 0 Å². The number of carbonyl (C=O) groups is 3. The van der Waals surface area contributed by atoms with Crippen LogP contribution in [0.1, 0.15) is 30.9 Å². The number of hydrogen-bond donors (Lipinski definition) is 0. The van der Waals surface area contributed by atoms with Gasteiger partial charge in [-0.2, -0.15) is 13.2 Å². The Labute approximate surface area is 269 Å². The average molecular weight is 658 g/mol. The lowest BCUT2D eigenvalue weighted by atomic mass is 9.97. The van der Waals surface area contributed by atoms with Gasteiger partial charge in [0.1, 0.15) is 18.0 Å². The van der Waals surface area contributed by atoms with Crippen LogP contribution in [0.2, 0.25) is 0 Å². The Morgan fingerprint density at radius 2 is 1.28 bits per heavy atom. The minimum Gasteiger partial charge on any atom is -0.467 e. The Morgan fingerprint density at radius 1 is 0.745 bits per heavy atom. The van der Waals surface area contributed by atoms with Gasteiger partial charge in [-0.25, -0.2) is 9.79 Å². The molecule has 0 unspecified atom stereocenters. The van der Waals surface area contributed by atoms with Crippen molar-refractivity contribution in [2.45, 2.75) is 69.9 Å². The number of halogens is 3. The van der Waals surface area contributed by atoms with Crippen molar-refractivity contribution < 1.29 is 56.0 Å². The maximum absolute atomic E-state index is 14.4. The zero-order chi connectivity index (χ0) is 33.8. The molecule has 1 fully saturated rings. The number of benzene rings is 3. The molecule has 5 atom stereocenters. The number of methoxy groups -OCH3 is 1. The van der Waals surface area contributed by atoms with Crippen LogP contribution < -0.4 is 0 Å². The SMILES string of the molecule is COC(=O)[C@H]1O[C@H](OC(=Nc2ccccc2)C(F)(F)F)[C@@H](OCc2ccccc2)[C@@H](OCc2ccccc2)[C@@H]1OC(=O)CCC(C)=O. The van der Waals surface area contributed by atoms with Crippen LogP contribution in [0, 0.1) is 0 Å². The number of aliphatic imine (C=N–C) groups is 1. The molecule has 3 aromatic carbocycles. The van der Waals surface area contributed by atoms with Crippen LogP contribution in [-0.2, 0) is 56.0 Å². The quantitative estimate of drug-likeness (QED) is 0.131. The van der Waals surface area contributed by atoms with Gasteiger partial charge >= 0.3 is 18.1 Å². The molecule has 10 nitrogen and oxygen atoms in total. The number of esters is 2. The van der Waals surface area contributed by atoms with E-state index in [2.05, 4.69) is 4.99 Å². The molecule has 0 aliphatic carbocycles. The summed E-state index contributed by atoms with van der Waals surface area (Å²) in [5.74, 6) is -3.91. The first-order valence-electron chi connectivity index (χ1n) is 14.7. The number of carbonyl (C=O) groups excluding carboxylic acids is 3. The molecule has 0 spiro atoms. The number of alkyl halides is 3. The number of para-hydroxylation sites is 1. The second kappa shape index (κ2) is 16.8. The average Bonchev–Trinajstić information content (AvgIpc) is 3.06. The molecule has 0 bridgehead atoms. The highest BCUT2D eigenvalue weighted by Crippen LogP contribution is 2.34. The van der Waals surface area contributed by atoms with Crippen LogP contribution in [-0.4, -0.2) is 67.6 Å². The number of Topliss-reactive ketones (excluding diaryl/α,β-unsaturated/α-hetero) is 1. The summed E-state index contributed by atoms with van der Waals surface area (Å²) >= 11 is 0. The van der Waals surface area contributed by atoms with E-state index in [1.807, 2.05) is 0 Å². The van der Waals surface area contributed by atoms with Crippen LogP contribution in [0.3, 0.4) is 0 Å². The predicted octanol–water partition coefficient (Wildman–Crippen LogP) is 5.65. The van der Waals surface area contributed by atoms with E-state index in [1.165, 1.54) is 31.2 Å². The molecule has 0 aromatic heterocycles. The molecule has 1 saturated heterocycles. The molecule has 250 valence electrons. The van der Waals surface area contributed by atoms with Crippen molar-refractivity contribution >= 4 is 29.3 Å². The monoisotopic (exact) mass is 657 g/mol. The van der Waals surface area contributed by atoms with E-state index in [4.69, 9.17) is 28.4 Å². The molecule has 0 radical (unpaired) electrons. The summed E-state index contributed by atoms with van der Waals surface area (Å²) in [7, 11) is 1.03. The molecule has 0 saturated carbocycles. The van der Waals surface area contributed by atoms with Crippen molar-refractivity contribution in [2.75, 3.05) is 7.11 Å². The lowest BCUT2D eigenvalue weighted by Crippen LogP contribution is -2.63. The Balaban J connectivity index is 1.77. The molecule has 1 aliphatic heterocycles. The Bertz CT molecular complexity index is 1490. The second-order valence-corrected chi connectivity index (χ2v) is 10.5. The molecule has 1 heterocycles. The smallest absolute Gasteiger partial charge is 0.467 e. The fourth-order valence-corrected chi connectivity index (χ4v) is 4.61. The van der Waals surface area contributed by atoms with Crippen LogP contribution >= 0.6 is 0 Å². The molecule has 0 N–H and O–H groups in total. The van der Waals surface area contributed by atoms with Crippen LogP contribution in [0.5, 0.6) is 0 Å². The molecule has 13 heteroatoms. The predicted molar refractivity (Wildman–Crippen MR) is 161 cm³/mol. The Hall–Kier alpha value is -4.59. The van der Waals surface area contributed by atoms with Gasteiger partial charge in [0.25, 0.3) is 5.90 Å². The third kappa shape index (κ3) is 10.5. The van der Waals surface area contributed by atoms with Gasteiger partial charge in [0.2, 0.25) is 6.29 Å². The Morgan fingerprint density at radius 3 is 1.79 bits per heavy atom. The summed E-state index contributed by atoms with van der Waals surface area (Å²) in [6.45, 7) is 1.03. The van der Waals surface area contributed by atoms with E-state index in [9.17, 15) is 27.6 Å². The Kier molecular flexibility index (Phi) is 12.6. The maximum atomic E-state index is 14.4. The second-order valence-electron chi connectivity index (χ2n) is 10.5. The summed E-state index contributed by atoms with van der Waals surface area (Å²) < 4.78 is 77.1. The van der Waals surface area contributed by atoms with Crippen LogP contribution in [0.25, 0.3) is 0 Å². The third-order valence-corrected chi connectivity index (χ3v) is 6.90. The lowest BCUT2D eigenvalue weighted by molar-refractivity contribution is -0.302. The van der Waals surface area contributed by atoms with Gasteiger partial charge in [-0.1, -0.05) is 78.9 Å². The summed E-state index contributed by atoms with van der Waals surface area (Å²) in [4.78, 5) is 41.1. The summed E-state index contributed by atoms with van der Waals surface area (Å²) in [5.41, 5.74) is 1.25. The summed E-state index contributed by atoms with van der Waals surface area (Å²) in [6.07, 6.45) is -13.9. The molecule has 47 heavy (non-hydrogen) atoms. The van der Waals surface area contributed by atoms with Crippen molar-refractivity contribution in [2.24, 2.45) is 4.99 Å². The van der Waals surface area contributed by atoms with E-state index in [0.717, 1.165) is 7.11 Å². The standard InChI is InChI=1S/C34H34F3NO9/c1-22(39)18-19-26(40)45-28-27(43-20-23-12-6-3-7-13-23)30(44-21-24-14-8-4-9-15-24)32(46-29(28)31(41)42-2)47-33(34(35,36)37)38-25-16-10-5-11-17-25/h3-17,27-30,32H,18-21H2,1-2H3/t27-,28-,29-,30-,32+/m0/s1. The van der Waals surface area contributed by atoms with Crippen molar-refractivity contribution in [3.63, 3.8) is 0 Å². The fourth-order valence-electron chi connectivity index (χ4n) is 4.61. The minimum atomic E-state index is -5.10. The van der Waals surface area contributed by atoms with Crippen molar-refractivity contribution in [3.05, 3.63) is 102 Å². The highest BCUT2D eigenvalue weighted by Gasteiger charge is 2.55. The molecule has 4 rings (SSSR count). The van der Waals surface area contributed by atoms with E-state index in [-0.39, 0.29) is 37.5 Å². The number of rotatable bonds is 13. The number of ketones is 1. The molecular weight excluding hydrogens is 623 g/mol. The first-order chi connectivity index (χ1) is 22.5. The minimum absolute atomic E-state index is 0.0592. The van der Waals surface area contributed by atoms with E-state index in [0.29, 0.717) is 11.1 Å². The van der Waals surface area contributed by atoms with E-state index < -0.39 is 54.7 Å². The first-order valence-corrected chi connectivity index (χ1v) is 14.7. The number of nitrogens with zero attached hydrogens (tertiary/aromatic N) is 1.